The first-order chi connectivity index (χ1) is 13.6. The average Bonchev–Trinajstić information content (AvgIpc) is 3.30. The van der Waals surface area contributed by atoms with Crippen LogP contribution in [0.15, 0.2) is 52.2 Å². The summed E-state index contributed by atoms with van der Waals surface area (Å²) in [7, 11) is 0. The summed E-state index contributed by atoms with van der Waals surface area (Å²) in [4.78, 5) is 23.4. The van der Waals surface area contributed by atoms with Crippen LogP contribution in [0, 0.1) is 6.92 Å². The summed E-state index contributed by atoms with van der Waals surface area (Å²) in [5, 5.41) is 13.9. The summed E-state index contributed by atoms with van der Waals surface area (Å²) in [6.07, 6.45) is 1.61. The molecule has 0 aliphatic heterocycles. The fourth-order valence-corrected chi connectivity index (χ4v) is 3.33. The normalized spacial score (nSPS) is 10.6. The molecule has 0 fully saturated rings. The van der Waals surface area contributed by atoms with Crippen LogP contribution in [-0.2, 0) is 11.3 Å². The zero-order valence-electron chi connectivity index (χ0n) is 15.6. The standard InChI is InChI=1S/C19H21N5O3S/c1-3-20-18(26)21-16(25)12-28-19-23-22-17(14-7-4-6-13(2)10-14)24(19)11-15-8-5-9-27-15/h4-10H,3,11-12H2,1-2H3,(H2,20,21,25,26). The SMILES string of the molecule is CCNC(=O)NC(=O)CSc1nnc(-c2cccc(C)c2)n1Cc1ccco1. The van der Waals surface area contributed by atoms with Gasteiger partial charge in [-0.15, -0.1) is 10.2 Å². The van der Waals surface area contributed by atoms with Crippen molar-refractivity contribution in [3.63, 3.8) is 0 Å². The number of furan rings is 1. The molecule has 3 rings (SSSR count). The first-order valence-electron chi connectivity index (χ1n) is 8.80. The third-order valence-electron chi connectivity index (χ3n) is 3.81. The highest BCUT2D eigenvalue weighted by atomic mass is 32.2. The Kier molecular flexibility index (Phi) is 6.49. The molecule has 28 heavy (non-hydrogen) atoms. The number of amides is 3. The lowest BCUT2D eigenvalue weighted by Gasteiger charge is -2.09. The van der Waals surface area contributed by atoms with Crippen molar-refractivity contribution in [2.45, 2.75) is 25.5 Å². The minimum atomic E-state index is -0.509. The lowest BCUT2D eigenvalue weighted by atomic mass is 10.1. The molecule has 0 aliphatic carbocycles. The first-order valence-corrected chi connectivity index (χ1v) is 9.78. The van der Waals surface area contributed by atoms with Gasteiger partial charge in [0.05, 0.1) is 18.6 Å². The van der Waals surface area contributed by atoms with E-state index in [-0.39, 0.29) is 5.75 Å². The molecule has 0 unspecified atom stereocenters. The number of nitrogens with zero attached hydrogens (tertiary/aromatic N) is 3. The molecule has 0 aliphatic rings. The molecule has 3 amide bonds. The number of imide groups is 1. The molecule has 0 radical (unpaired) electrons. The molecule has 2 heterocycles. The predicted octanol–water partition coefficient (Wildman–Crippen LogP) is 2.83. The number of hydrogen-bond donors (Lipinski definition) is 2. The zero-order chi connectivity index (χ0) is 19.9. The van der Waals surface area contributed by atoms with Crippen molar-refractivity contribution in [3.8, 4) is 11.4 Å². The summed E-state index contributed by atoms with van der Waals surface area (Å²) >= 11 is 1.21. The first kappa shape index (κ1) is 19.7. The molecular formula is C19H21N5O3S. The minimum Gasteiger partial charge on any atom is -0.467 e. The Labute approximate surface area is 166 Å². The smallest absolute Gasteiger partial charge is 0.321 e. The molecule has 0 bridgehead atoms. The van der Waals surface area contributed by atoms with Crippen LogP contribution >= 0.6 is 11.8 Å². The topological polar surface area (TPSA) is 102 Å². The summed E-state index contributed by atoms with van der Waals surface area (Å²) in [6.45, 7) is 4.67. The molecule has 8 nitrogen and oxygen atoms in total. The van der Waals surface area contributed by atoms with E-state index in [9.17, 15) is 9.59 Å². The van der Waals surface area contributed by atoms with E-state index in [0.29, 0.717) is 24.1 Å². The number of carbonyl (C=O) groups excluding carboxylic acids is 2. The van der Waals surface area contributed by atoms with Gasteiger partial charge in [-0.1, -0.05) is 35.5 Å². The van der Waals surface area contributed by atoms with Gasteiger partial charge in [0, 0.05) is 12.1 Å². The van der Waals surface area contributed by atoms with Crippen molar-refractivity contribution in [3.05, 3.63) is 54.0 Å². The number of hydrogen-bond acceptors (Lipinski definition) is 6. The Morgan fingerprint density at radius 2 is 2.07 bits per heavy atom. The highest BCUT2D eigenvalue weighted by Gasteiger charge is 2.17. The van der Waals surface area contributed by atoms with Gasteiger partial charge in [0.15, 0.2) is 11.0 Å². The van der Waals surface area contributed by atoms with Crippen molar-refractivity contribution in [1.82, 2.24) is 25.4 Å². The molecule has 2 aromatic heterocycles. The van der Waals surface area contributed by atoms with Gasteiger partial charge in [0.25, 0.3) is 0 Å². The molecule has 9 heteroatoms. The molecule has 0 atom stereocenters. The Balaban J connectivity index is 1.80. The number of aromatic nitrogens is 3. The largest absolute Gasteiger partial charge is 0.467 e. The lowest BCUT2D eigenvalue weighted by Crippen LogP contribution is -2.40. The van der Waals surface area contributed by atoms with E-state index in [2.05, 4.69) is 20.8 Å². The third-order valence-corrected chi connectivity index (χ3v) is 4.78. The number of rotatable bonds is 7. The maximum atomic E-state index is 12.0. The van der Waals surface area contributed by atoms with Crippen molar-refractivity contribution < 1.29 is 14.0 Å². The van der Waals surface area contributed by atoms with Crippen molar-refractivity contribution in [2.24, 2.45) is 0 Å². The molecule has 146 valence electrons. The van der Waals surface area contributed by atoms with Gasteiger partial charge in [-0.2, -0.15) is 0 Å². The average molecular weight is 399 g/mol. The molecule has 3 aromatic rings. The molecule has 0 saturated heterocycles. The van der Waals surface area contributed by atoms with E-state index in [4.69, 9.17) is 4.42 Å². The van der Waals surface area contributed by atoms with Crippen molar-refractivity contribution >= 4 is 23.7 Å². The fourth-order valence-electron chi connectivity index (χ4n) is 2.59. The van der Waals surface area contributed by atoms with E-state index in [1.165, 1.54) is 11.8 Å². The monoisotopic (exact) mass is 399 g/mol. The predicted molar refractivity (Wildman–Crippen MR) is 106 cm³/mol. The van der Waals surface area contributed by atoms with Gasteiger partial charge in [0.1, 0.15) is 5.76 Å². The number of benzene rings is 1. The highest BCUT2D eigenvalue weighted by molar-refractivity contribution is 7.99. The second-order valence-electron chi connectivity index (χ2n) is 6.04. The van der Waals surface area contributed by atoms with Crippen LogP contribution in [0.4, 0.5) is 4.79 Å². The van der Waals surface area contributed by atoms with Crippen LogP contribution in [-0.4, -0.2) is 39.0 Å². The Morgan fingerprint density at radius 1 is 1.21 bits per heavy atom. The van der Waals surface area contributed by atoms with E-state index >= 15 is 0 Å². The van der Waals surface area contributed by atoms with Crippen LogP contribution in [0.3, 0.4) is 0 Å². The third kappa shape index (κ3) is 5.01. The molecule has 0 spiro atoms. The maximum Gasteiger partial charge on any atom is 0.321 e. The van der Waals surface area contributed by atoms with E-state index in [1.807, 2.05) is 47.9 Å². The minimum absolute atomic E-state index is 0.0429. The second kappa shape index (κ2) is 9.23. The molecule has 1 aromatic carbocycles. The zero-order valence-corrected chi connectivity index (χ0v) is 16.5. The van der Waals surface area contributed by atoms with Gasteiger partial charge < -0.3 is 9.73 Å². The Bertz CT molecular complexity index is 952. The van der Waals surface area contributed by atoms with Gasteiger partial charge in [-0.25, -0.2) is 4.79 Å². The highest BCUT2D eigenvalue weighted by Crippen LogP contribution is 2.25. The molecule has 0 saturated carbocycles. The number of aryl methyl sites for hydroxylation is 1. The van der Waals surface area contributed by atoms with E-state index < -0.39 is 11.9 Å². The summed E-state index contributed by atoms with van der Waals surface area (Å²) in [5.41, 5.74) is 2.04. The van der Waals surface area contributed by atoms with Crippen molar-refractivity contribution in [2.75, 3.05) is 12.3 Å². The summed E-state index contributed by atoms with van der Waals surface area (Å²) < 4.78 is 7.36. The Morgan fingerprint density at radius 3 is 2.79 bits per heavy atom. The van der Waals surface area contributed by atoms with Crippen LogP contribution in [0.1, 0.15) is 18.2 Å². The summed E-state index contributed by atoms with van der Waals surface area (Å²) in [6, 6.07) is 11.1. The van der Waals surface area contributed by atoms with E-state index in [0.717, 1.165) is 16.9 Å². The second-order valence-corrected chi connectivity index (χ2v) is 6.98. The van der Waals surface area contributed by atoms with Crippen LogP contribution in [0.25, 0.3) is 11.4 Å². The van der Waals surface area contributed by atoms with Crippen LogP contribution in [0.5, 0.6) is 0 Å². The van der Waals surface area contributed by atoms with Crippen molar-refractivity contribution in [1.29, 1.82) is 0 Å². The van der Waals surface area contributed by atoms with Crippen LogP contribution in [0.2, 0.25) is 0 Å². The van der Waals surface area contributed by atoms with E-state index in [1.54, 1.807) is 13.2 Å². The van der Waals surface area contributed by atoms with Crippen LogP contribution < -0.4 is 10.6 Å². The lowest BCUT2D eigenvalue weighted by molar-refractivity contribution is -0.117. The number of carbonyl (C=O) groups is 2. The fraction of sp³-hybridized carbons (Fsp3) is 0.263. The van der Waals surface area contributed by atoms with Gasteiger partial charge >= 0.3 is 6.03 Å². The van der Waals surface area contributed by atoms with Gasteiger partial charge in [-0.05, 0) is 32.0 Å². The number of urea groups is 1. The van der Waals surface area contributed by atoms with Gasteiger partial charge in [-0.3, -0.25) is 14.7 Å². The molecular weight excluding hydrogens is 378 g/mol. The molecule has 2 N–H and O–H groups in total. The Hall–Kier alpha value is -3.07. The maximum absolute atomic E-state index is 12.0. The quantitative estimate of drug-likeness (QED) is 0.593. The van der Waals surface area contributed by atoms with Gasteiger partial charge in [0.2, 0.25) is 5.91 Å². The number of nitrogens with one attached hydrogen (secondary N) is 2. The summed E-state index contributed by atoms with van der Waals surface area (Å²) in [5.74, 6) is 1.08. The number of thioether (sulfide) groups is 1.